The molecule has 1 rings (SSSR count). The molecule has 0 amide bonds. The number of benzene rings is 1. The van der Waals surface area contributed by atoms with Gasteiger partial charge < -0.3 is 9.84 Å². The number of hydrogen-bond acceptors (Lipinski definition) is 3. The Labute approximate surface area is 84.3 Å². The molecule has 78 valence electrons. The SMILES string of the molecule is CC.COC(=O)c1cccc(CO)c1. The molecule has 0 aliphatic rings. The molecule has 0 fully saturated rings. The number of aliphatic hydroxyl groups is 1. The summed E-state index contributed by atoms with van der Waals surface area (Å²) in [4.78, 5) is 11.0. The molecule has 0 heterocycles. The lowest BCUT2D eigenvalue weighted by molar-refractivity contribution is 0.0600. The van der Waals surface area contributed by atoms with Gasteiger partial charge in [0.05, 0.1) is 19.3 Å². The van der Waals surface area contributed by atoms with E-state index < -0.39 is 0 Å². The van der Waals surface area contributed by atoms with Gasteiger partial charge in [0, 0.05) is 0 Å². The van der Waals surface area contributed by atoms with Crippen LogP contribution in [0.3, 0.4) is 0 Å². The average Bonchev–Trinajstić information content (AvgIpc) is 2.30. The van der Waals surface area contributed by atoms with Crippen LogP contribution in [-0.4, -0.2) is 18.2 Å². The molecule has 0 saturated carbocycles. The third kappa shape index (κ3) is 3.58. The summed E-state index contributed by atoms with van der Waals surface area (Å²) in [5.74, 6) is -0.384. The fraction of sp³-hybridized carbons (Fsp3) is 0.364. The molecule has 0 spiro atoms. The van der Waals surface area contributed by atoms with Crippen LogP contribution in [0.15, 0.2) is 24.3 Å². The summed E-state index contributed by atoms with van der Waals surface area (Å²) in [5.41, 5.74) is 1.17. The first kappa shape index (κ1) is 12.7. The van der Waals surface area contributed by atoms with Gasteiger partial charge >= 0.3 is 5.97 Å². The first-order valence-corrected chi connectivity index (χ1v) is 4.56. The summed E-state index contributed by atoms with van der Waals surface area (Å²) in [6.45, 7) is 3.94. The lowest BCUT2D eigenvalue weighted by Crippen LogP contribution is -2.01. The predicted octanol–water partition coefficient (Wildman–Crippen LogP) is 1.99. The third-order valence-corrected chi connectivity index (χ3v) is 1.53. The molecule has 3 nitrogen and oxygen atoms in total. The van der Waals surface area contributed by atoms with Crippen molar-refractivity contribution in [3.8, 4) is 0 Å². The minimum atomic E-state index is -0.384. The van der Waals surface area contributed by atoms with E-state index in [4.69, 9.17) is 5.11 Å². The van der Waals surface area contributed by atoms with E-state index in [1.165, 1.54) is 7.11 Å². The third-order valence-electron chi connectivity index (χ3n) is 1.53. The van der Waals surface area contributed by atoms with Gasteiger partial charge in [-0.3, -0.25) is 0 Å². The standard InChI is InChI=1S/C9H10O3.C2H6/c1-12-9(11)8-4-2-3-7(5-8)6-10;1-2/h2-5,10H,6H2,1H3;1-2H3. The van der Waals surface area contributed by atoms with E-state index in [0.717, 1.165) is 0 Å². The largest absolute Gasteiger partial charge is 0.465 e. The van der Waals surface area contributed by atoms with Crippen molar-refractivity contribution in [3.05, 3.63) is 35.4 Å². The van der Waals surface area contributed by atoms with Crippen molar-refractivity contribution >= 4 is 5.97 Å². The molecule has 1 N–H and O–H groups in total. The Morgan fingerprint density at radius 1 is 1.43 bits per heavy atom. The molecule has 1 aromatic rings. The van der Waals surface area contributed by atoms with Crippen LogP contribution in [-0.2, 0) is 11.3 Å². The van der Waals surface area contributed by atoms with Crippen molar-refractivity contribution in [3.63, 3.8) is 0 Å². The molecule has 0 aliphatic heterocycles. The zero-order valence-electron chi connectivity index (χ0n) is 8.78. The number of carbonyl (C=O) groups excluding carboxylic acids is 1. The van der Waals surface area contributed by atoms with Gasteiger partial charge in [0.1, 0.15) is 0 Å². The Morgan fingerprint density at radius 3 is 2.57 bits per heavy atom. The average molecular weight is 196 g/mol. The second kappa shape index (κ2) is 7.09. The Hall–Kier alpha value is -1.35. The molecule has 0 atom stereocenters. The van der Waals surface area contributed by atoms with E-state index in [0.29, 0.717) is 11.1 Å². The lowest BCUT2D eigenvalue weighted by atomic mass is 10.1. The minimum Gasteiger partial charge on any atom is -0.465 e. The summed E-state index contributed by atoms with van der Waals surface area (Å²) in [5, 5.41) is 8.76. The number of methoxy groups -OCH3 is 1. The molecular formula is C11H16O3. The van der Waals surface area contributed by atoms with E-state index in [9.17, 15) is 4.79 Å². The van der Waals surface area contributed by atoms with Crippen molar-refractivity contribution in [2.45, 2.75) is 20.5 Å². The number of rotatable bonds is 2. The van der Waals surface area contributed by atoms with Crippen LogP contribution in [0.4, 0.5) is 0 Å². The quantitative estimate of drug-likeness (QED) is 0.736. The Balaban J connectivity index is 0.000000791. The summed E-state index contributed by atoms with van der Waals surface area (Å²) in [6.07, 6.45) is 0. The highest BCUT2D eigenvalue weighted by molar-refractivity contribution is 5.89. The van der Waals surface area contributed by atoms with Crippen molar-refractivity contribution in [1.82, 2.24) is 0 Å². The highest BCUT2D eigenvalue weighted by Crippen LogP contribution is 2.05. The maximum Gasteiger partial charge on any atom is 0.337 e. The van der Waals surface area contributed by atoms with Crippen LogP contribution in [0.2, 0.25) is 0 Å². The zero-order chi connectivity index (χ0) is 11.0. The number of hydrogen-bond donors (Lipinski definition) is 1. The van der Waals surface area contributed by atoms with Gasteiger partial charge in [0.15, 0.2) is 0 Å². The molecule has 0 aromatic heterocycles. The summed E-state index contributed by atoms with van der Waals surface area (Å²) in [6, 6.07) is 6.70. The fourth-order valence-corrected chi connectivity index (χ4v) is 0.915. The van der Waals surface area contributed by atoms with Crippen molar-refractivity contribution in [2.75, 3.05) is 7.11 Å². The Morgan fingerprint density at radius 2 is 2.07 bits per heavy atom. The number of ether oxygens (including phenoxy) is 1. The maximum absolute atomic E-state index is 11.0. The molecule has 0 unspecified atom stereocenters. The van der Waals surface area contributed by atoms with Crippen LogP contribution in [0.1, 0.15) is 29.8 Å². The van der Waals surface area contributed by atoms with Crippen LogP contribution in [0.5, 0.6) is 0 Å². The van der Waals surface area contributed by atoms with Crippen molar-refractivity contribution in [1.29, 1.82) is 0 Å². The summed E-state index contributed by atoms with van der Waals surface area (Å²) < 4.78 is 4.52. The second-order valence-corrected chi connectivity index (χ2v) is 2.35. The summed E-state index contributed by atoms with van der Waals surface area (Å²) >= 11 is 0. The topological polar surface area (TPSA) is 46.5 Å². The Kier molecular flexibility index (Phi) is 6.41. The van der Waals surface area contributed by atoms with E-state index >= 15 is 0 Å². The number of esters is 1. The molecule has 0 radical (unpaired) electrons. The van der Waals surface area contributed by atoms with Gasteiger partial charge in [-0.25, -0.2) is 4.79 Å². The molecule has 1 aromatic carbocycles. The van der Waals surface area contributed by atoms with Gasteiger partial charge in [-0.05, 0) is 17.7 Å². The normalized spacial score (nSPS) is 8.57. The van der Waals surface area contributed by atoms with Gasteiger partial charge in [0.25, 0.3) is 0 Å². The van der Waals surface area contributed by atoms with Crippen LogP contribution in [0.25, 0.3) is 0 Å². The van der Waals surface area contributed by atoms with Crippen LogP contribution >= 0.6 is 0 Å². The number of carbonyl (C=O) groups is 1. The van der Waals surface area contributed by atoms with Gasteiger partial charge in [-0.15, -0.1) is 0 Å². The monoisotopic (exact) mass is 196 g/mol. The fourth-order valence-electron chi connectivity index (χ4n) is 0.915. The van der Waals surface area contributed by atoms with E-state index in [1.54, 1.807) is 24.3 Å². The molecule has 0 saturated heterocycles. The van der Waals surface area contributed by atoms with Crippen molar-refractivity contribution < 1.29 is 14.6 Å². The van der Waals surface area contributed by atoms with E-state index in [-0.39, 0.29) is 12.6 Å². The molecular weight excluding hydrogens is 180 g/mol. The Bertz CT molecular complexity index is 282. The van der Waals surface area contributed by atoms with Crippen LogP contribution in [0, 0.1) is 0 Å². The van der Waals surface area contributed by atoms with Gasteiger partial charge in [-0.2, -0.15) is 0 Å². The zero-order valence-corrected chi connectivity index (χ0v) is 8.78. The predicted molar refractivity (Wildman–Crippen MR) is 55.1 cm³/mol. The van der Waals surface area contributed by atoms with Gasteiger partial charge in [0.2, 0.25) is 0 Å². The van der Waals surface area contributed by atoms with Crippen LogP contribution < -0.4 is 0 Å². The first-order chi connectivity index (χ1) is 6.77. The molecule has 0 bridgehead atoms. The number of aliphatic hydroxyl groups excluding tert-OH is 1. The van der Waals surface area contributed by atoms with Crippen molar-refractivity contribution in [2.24, 2.45) is 0 Å². The molecule has 3 heteroatoms. The molecule has 14 heavy (non-hydrogen) atoms. The second-order valence-electron chi connectivity index (χ2n) is 2.35. The van der Waals surface area contributed by atoms with E-state index in [2.05, 4.69) is 4.74 Å². The van der Waals surface area contributed by atoms with Gasteiger partial charge in [-0.1, -0.05) is 26.0 Å². The smallest absolute Gasteiger partial charge is 0.337 e. The highest BCUT2D eigenvalue weighted by atomic mass is 16.5. The maximum atomic E-state index is 11.0. The molecule has 0 aliphatic carbocycles. The minimum absolute atomic E-state index is 0.0646. The first-order valence-electron chi connectivity index (χ1n) is 4.56. The highest BCUT2D eigenvalue weighted by Gasteiger charge is 2.04. The van der Waals surface area contributed by atoms with E-state index in [1.807, 2.05) is 13.8 Å². The lowest BCUT2D eigenvalue weighted by Gasteiger charge is -2.00. The summed E-state index contributed by atoms with van der Waals surface area (Å²) in [7, 11) is 1.33.